The molecule has 1 aliphatic rings. The maximum Gasteiger partial charge on any atom is 0.308 e. The first-order chi connectivity index (χ1) is 8.50. The van der Waals surface area contributed by atoms with Gasteiger partial charge in [0.25, 0.3) is 5.91 Å². The molecule has 2 rings (SSSR count). The van der Waals surface area contributed by atoms with Gasteiger partial charge >= 0.3 is 5.97 Å². The Morgan fingerprint density at radius 1 is 1.44 bits per heavy atom. The number of aliphatic carboxylic acids is 1. The molecule has 1 saturated heterocycles. The number of aryl methyl sites for hydroxylation is 1. The zero-order chi connectivity index (χ0) is 13.3. The van der Waals surface area contributed by atoms with Crippen LogP contribution in [0.2, 0.25) is 0 Å². The van der Waals surface area contributed by atoms with Crippen LogP contribution in [-0.2, 0) is 4.79 Å². The number of carbonyl (C=O) groups excluding carboxylic acids is 1. The SMILES string of the molecule is Cc1cncc(C(=O)N2CCC(C(=O)O)C2C)c1. The Kier molecular flexibility index (Phi) is 3.32. The number of likely N-dealkylation sites (tertiary alicyclic amines) is 1. The van der Waals surface area contributed by atoms with Crippen LogP contribution in [0.5, 0.6) is 0 Å². The third-order valence-corrected chi connectivity index (χ3v) is 3.45. The molecule has 5 nitrogen and oxygen atoms in total. The number of aromatic nitrogens is 1. The first kappa shape index (κ1) is 12.5. The quantitative estimate of drug-likeness (QED) is 0.857. The highest BCUT2D eigenvalue weighted by Gasteiger charge is 2.38. The number of carbonyl (C=O) groups is 2. The molecule has 2 unspecified atom stereocenters. The Morgan fingerprint density at radius 3 is 2.72 bits per heavy atom. The fourth-order valence-corrected chi connectivity index (χ4v) is 2.39. The summed E-state index contributed by atoms with van der Waals surface area (Å²) in [6, 6.07) is 1.51. The lowest BCUT2D eigenvalue weighted by Crippen LogP contribution is -2.37. The van der Waals surface area contributed by atoms with E-state index in [1.165, 1.54) is 6.20 Å². The van der Waals surface area contributed by atoms with E-state index in [4.69, 9.17) is 5.11 Å². The van der Waals surface area contributed by atoms with Crippen LogP contribution in [0, 0.1) is 12.8 Å². The van der Waals surface area contributed by atoms with Gasteiger partial charge in [-0.05, 0) is 31.9 Å². The van der Waals surface area contributed by atoms with Gasteiger partial charge in [0.15, 0.2) is 0 Å². The van der Waals surface area contributed by atoms with E-state index in [2.05, 4.69) is 4.98 Å². The topological polar surface area (TPSA) is 70.5 Å². The molecule has 0 bridgehead atoms. The van der Waals surface area contributed by atoms with E-state index in [1.54, 1.807) is 24.1 Å². The summed E-state index contributed by atoms with van der Waals surface area (Å²) in [7, 11) is 0. The molecule has 2 heterocycles. The third-order valence-electron chi connectivity index (χ3n) is 3.45. The molecule has 1 aliphatic heterocycles. The average molecular weight is 248 g/mol. The lowest BCUT2D eigenvalue weighted by molar-refractivity contribution is -0.142. The van der Waals surface area contributed by atoms with E-state index in [0.717, 1.165) is 5.56 Å². The first-order valence-corrected chi connectivity index (χ1v) is 5.96. The summed E-state index contributed by atoms with van der Waals surface area (Å²) in [5.74, 6) is -1.44. The fraction of sp³-hybridized carbons (Fsp3) is 0.462. The maximum atomic E-state index is 12.3. The average Bonchev–Trinajstić information content (AvgIpc) is 2.70. The van der Waals surface area contributed by atoms with Crippen molar-refractivity contribution < 1.29 is 14.7 Å². The molecule has 2 atom stereocenters. The van der Waals surface area contributed by atoms with Crippen molar-refractivity contribution in [2.75, 3.05) is 6.54 Å². The molecule has 0 aromatic carbocycles. The van der Waals surface area contributed by atoms with Gasteiger partial charge < -0.3 is 10.0 Å². The lowest BCUT2D eigenvalue weighted by atomic mass is 10.0. The van der Waals surface area contributed by atoms with Crippen LogP contribution in [0.4, 0.5) is 0 Å². The van der Waals surface area contributed by atoms with Gasteiger partial charge in [0, 0.05) is 25.0 Å². The van der Waals surface area contributed by atoms with Crippen molar-refractivity contribution in [3.63, 3.8) is 0 Å². The minimum Gasteiger partial charge on any atom is -0.481 e. The zero-order valence-electron chi connectivity index (χ0n) is 10.5. The van der Waals surface area contributed by atoms with Gasteiger partial charge in [0.2, 0.25) is 0 Å². The van der Waals surface area contributed by atoms with Crippen molar-refractivity contribution in [3.05, 3.63) is 29.6 Å². The van der Waals surface area contributed by atoms with E-state index in [0.29, 0.717) is 18.5 Å². The minimum absolute atomic E-state index is 0.137. The van der Waals surface area contributed by atoms with Gasteiger partial charge in [-0.3, -0.25) is 14.6 Å². The van der Waals surface area contributed by atoms with Gasteiger partial charge in [-0.2, -0.15) is 0 Å². The Labute approximate surface area is 105 Å². The molecule has 5 heteroatoms. The number of carboxylic acid groups (broad SMARTS) is 1. The Morgan fingerprint density at radius 2 is 2.17 bits per heavy atom. The van der Waals surface area contributed by atoms with Crippen molar-refractivity contribution in [2.24, 2.45) is 5.92 Å². The molecule has 1 aromatic rings. The number of hydrogen-bond acceptors (Lipinski definition) is 3. The number of carboxylic acids is 1. The third kappa shape index (κ3) is 2.20. The number of pyridine rings is 1. The van der Waals surface area contributed by atoms with E-state index < -0.39 is 11.9 Å². The van der Waals surface area contributed by atoms with Crippen LogP contribution in [-0.4, -0.2) is 39.5 Å². The van der Waals surface area contributed by atoms with Crippen LogP contribution in [0.25, 0.3) is 0 Å². The number of hydrogen-bond donors (Lipinski definition) is 1. The summed E-state index contributed by atoms with van der Waals surface area (Å²) in [6.45, 7) is 4.15. The van der Waals surface area contributed by atoms with Crippen molar-refractivity contribution in [3.8, 4) is 0 Å². The number of amides is 1. The maximum absolute atomic E-state index is 12.3. The monoisotopic (exact) mass is 248 g/mol. The molecule has 1 aromatic heterocycles. The van der Waals surface area contributed by atoms with Crippen LogP contribution in [0.1, 0.15) is 29.3 Å². The summed E-state index contributed by atoms with van der Waals surface area (Å²) < 4.78 is 0. The minimum atomic E-state index is -0.833. The second-order valence-electron chi connectivity index (χ2n) is 4.72. The molecule has 1 fully saturated rings. The molecule has 0 saturated carbocycles. The van der Waals surface area contributed by atoms with E-state index in [9.17, 15) is 9.59 Å². The van der Waals surface area contributed by atoms with E-state index >= 15 is 0 Å². The molecule has 0 aliphatic carbocycles. The largest absolute Gasteiger partial charge is 0.481 e. The van der Waals surface area contributed by atoms with Crippen molar-refractivity contribution in [1.29, 1.82) is 0 Å². The summed E-state index contributed by atoms with van der Waals surface area (Å²) >= 11 is 0. The van der Waals surface area contributed by atoms with E-state index in [-0.39, 0.29) is 11.9 Å². The van der Waals surface area contributed by atoms with Crippen molar-refractivity contribution in [1.82, 2.24) is 9.88 Å². The Bertz CT molecular complexity index is 487. The van der Waals surface area contributed by atoms with Gasteiger partial charge in [-0.25, -0.2) is 0 Å². The molecule has 96 valence electrons. The summed E-state index contributed by atoms with van der Waals surface area (Å²) in [6.07, 6.45) is 3.72. The van der Waals surface area contributed by atoms with Gasteiger partial charge in [0.1, 0.15) is 0 Å². The second kappa shape index (κ2) is 4.76. The van der Waals surface area contributed by atoms with E-state index in [1.807, 2.05) is 6.92 Å². The van der Waals surface area contributed by atoms with Gasteiger partial charge in [0.05, 0.1) is 11.5 Å². The standard InChI is InChI=1S/C13H16N2O3/c1-8-5-10(7-14-6-8)12(16)15-4-3-11(9(15)2)13(17)18/h5-7,9,11H,3-4H2,1-2H3,(H,17,18). The fourth-order valence-electron chi connectivity index (χ4n) is 2.39. The smallest absolute Gasteiger partial charge is 0.308 e. The predicted octanol–water partition coefficient (Wildman–Crippen LogP) is 1.33. The molecule has 18 heavy (non-hydrogen) atoms. The molecular weight excluding hydrogens is 232 g/mol. The highest BCUT2D eigenvalue weighted by atomic mass is 16.4. The van der Waals surface area contributed by atoms with Crippen LogP contribution in [0.15, 0.2) is 18.5 Å². The van der Waals surface area contributed by atoms with Crippen molar-refractivity contribution >= 4 is 11.9 Å². The molecule has 1 amide bonds. The highest BCUT2D eigenvalue weighted by molar-refractivity contribution is 5.95. The highest BCUT2D eigenvalue weighted by Crippen LogP contribution is 2.25. The predicted molar refractivity (Wildman–Crippen MR) is 65.2 cm³/mol. The zero-order valence-corrected chi connectivity index (χ0v) is 10.5. The van der Waals surface area contributed by atoms with Crippen LogP contribution in [0.3, 0.4) is 0 Å². The Hall–Kier alpha value is -1.91. The van der Waals surface area contributed by atoms with Gasteiger partial charge in [-0.15, -0.1) is 0 Å². The summed E-state index contributed by atoms with van der Waals surface area (Å²) in [5, 5.41) is 9.05. The Balaban J connectivity index is 2.18. The first-order valence-electron chi connectivity index (χ1n) is 5.96. The van der Waals surface area contributed by atoms with Crippen molar-refractivity contribution in [2.45, 2.75) is 26.3 Å². The second-order valence-corrected chi connectivity index (χ2v) is 4.72. The normalized spacial score (nSPS) is 23.1. The van der Waals surface area contributed by atoms with Crippen LogP contribution < -0.4 is 0 Å². The summed E-state index contributed by atoms with van der Waals surface area (Å²) in [5.41, 5.74) is 1.44. The number of rotatable bonds is 2. The molecule has 0 spiro atoms. The molecule has 0 radical (unpaired) electrons. The van der Waals surface area contributed by atoms with Crippen LogP contribution >= 0.6 is 0 Å². The molecular formula is C13H16N2O3. The van der Waals surface area contributed by atoms with Gasteiger partial charge in [-0.1, -0.05) is 0 Å². The number of nitrogens with zero attached hydrogens (tertiary/aromatic N) is 2. The molecule has 1 N–H and O–H groups in total. The summed E-state index contributed by atoms with van der Waals surface area (Å²) in [4.78, 5) is 28.9. The lowest BCUT2D eigenvalue weighted by Gasteiger charge is -2.23.